The van der Waals surface area contributed by atoms with Gasteiger partial charge in [-0.2, -0.15) is 0 Å². The summed E-state index contributed by atoms with van der Waals surface area (Å²) in [6, 6.07) is 11.8. The van der Waals surface area contributed by atoms with Crippen molar-refractivity contribution in [1.29, 1.82) is 0 Å². The number of hydrazine groups is 1. The molecule has 0 radical (unpaired) electrons. The van der Waals surface area contributed by atoms with E-state index in [4.69, 9.17) is 10.6 Å². The first kappa shape index (κ1) is 15.4. The van der Waals surface area contributed by atoms with Gasteiger partial charge in [0.05, 0.1) is 18.8 Å². The van der Waals surface area contributed by atoms with E-state index in [1.54, 1.807) is 13.2 Å². The molecule has 1 atom stereocenters. The third-order valence-corrected chi connectivity index (χ3v) is 3.44. The molecule has 0 amide bonds. The molecule has 21 heavy (non-hydrogen) atoms. The van der Waals surface area contributed by atoms with Gasteiger partial charge < -0.3 is 4.74 Å². The molecule has 0 spiro atoms. The van der Waals surface area contributed by atoms with E-state index in [0.29, 0.717) is 5.88 Å². The molecular weight excluding hydrogens is 264 g/mol. The second-order valence-corrected chi connectivity index (χ2v) is 5.97. The van der Waals surface area contributed by atoms with Crippen molar-refractivity contribution in [2.45, 2.75) is 32.2 Å². The van der Waals surface area contributed by atoms with Crippen LogP contribution in [0, 0.1) is 0 Å². The Kier molecular flexibility index (Phi) is 4.55. The lowest BCUT2D eigenvalue weighted by Gasteiger charge is -2.21. The van der Waals surface area contributed by atoms with Crippen molar-refractivity contribution < 1.29 is 4.74 Å². The lowest BCUT2D eigenvalue weighted by Crippen LogP contribution is -2.29. The van der Waals surface area contributed by atoms with Crippen LogP contribution in [0.2, 0.25) is 0 Å². The van der Waals surface area contributed by atoms with Gasteiger partial charge in [0, 0.05) is 6.07 Å². The number of hydrogen-bond donors (Lipinski definition) is 2. The van der Waals surface area contributed by atoms with Crippen molar-refractivity contribution in [3.8, 4) is 5.88 Å². The molecule has 112 valence electrons. The second kappa shape index (κ2) is 6.20. The standard InChI is InChI=1S/C16H22N4O/c1-16(2,3)12-7-5-11(6-8-12)15(18-17)13-9-10-14(21-4)20-19-13/h5-10,15,18H,17H2,1-4H3. The summed E-state index contributed by atoms with van der Waals surface area (Å²) < 4.78 is 5.02. The molecule has 3 N–H and O–H groups in total. The highest BCUT2D eigenvalue weighted by molar-refractivity contribution is 5.33. The van der Waals surface area contributed by atoms with E-state index in [1.807, 2.05) is 6.07 Å². The zero-order chi connectivity index (χ0) is 15.5. The molecule has 1 aromatic carbocycles. The molecule has 0 aliphatic carbocycles. The molecule has 2 rings (SSSR count). The molecule has 1 heterocycles. The molecule has 0 bridgehead atoms. The van der Waals surface area contributed by atoms with E-state index in [9.17, 15) is 0 Å². The van der Waals surface area contributed by atoms with Crippen LogP contribution in [-0.4, -0.2) is 17.3 Å². The summed E-state index contributed by atoms with van der Waals surface area (Å²) in [5.74, 6) is 6.17. The Hall–Kier alpha value is -1.98. The fourth-order valence-electron chi connectivity index (χ4n) is 2.12. The van der Waals surface area contributed by atoms with Gasteiger partial charge in [-0.3, -0.25) is 5.84 Å². The van der Waals surface area contributed by atoms with Gasteiger partial charge in [0.1, 0.15) is 0 Å². The summed E-state index contributed by atoms with van der Waals surface area (Å²) in [4.78, 5) is 0. The minimum Gasteiger partial charge on any atom is -0.480 e. The van der Waals surface area contributed by atoms with Crippen LogP contribution in [0.25, 0.3) is 0 Å². The first-order valence-electron chi connectivity index (χ1n) is 6.90. The first-order valence-corrected chi connectivity index (χ1v) is 6.90. The highest BCUT2D eigenvalue weighted by atomic mass is 16.5. The van der Waals surface area contributed by atoms with Crippen LogP contribution in [0.5, 0.6) is 5.88 Å². The van der Waals surface area contributed by atoms with Gasteiger partial charge in [-0.15, -0.1) is 10.2 Å². The largest absolute Gasteiger partial charge is 0.480 e. The molecule has 5 heteroatoms. The third-order valence-electron chi connectivity index (χ3n) is 3.44. The van der Waals surface area contributed by atoms with Crippen molar-refractivity contribution in [1.82, 2.24) is 15.6 Å². The van der Waals surface area contributed by atoms with Gasteiger partial charge in [-0.1, -0.05) is 45.0 Å². The van der Waals surface area contributed by atoms with Crippen LogP contribution in [0.15, 0.2) is 36.4 Å². The summed E-state index contributed by atoms with van der Waals surface area (Å²) in [7, 11) is 1.56. The van der Waals surface area contributed by atoms with Gasteiger partial charge in [0.2, 0.25) is 5.88 Å². The molecule has 2 aromatic rings. The lowest BCUT2D eigenvalue weighted by atomic mass is 9.86. The number of hydrogen-bond acceptors (Lipinski definition) is 5. The molecule has 0 fully saturated rings. The zero-order valence-corrected chi connectivity index (χ0v) is 12.9. The Morgan fingerprint density at radius 2 is 1.71 bits per heavy atom. The number of rotatable bonds is 4. The number of benzene rings is 1. The predicted octanol–water partition coefficient (Wildman–Crippen LogP) is 2.34. The number of nitrogens with one attached hydrogen (secondary N) is 1. The molecule has 0 saturated heterocycles. The van der Waals surface area contributed by atoms with Crippen molar-refractivity contribution in [2.75, 3.05) is 7.11 Å². The van der Waals surface area contributed by atoms with Crippen LogP contribution in [-0.2, 0) is 5.41 Å². The van der Waals surface area contributed by atoms with Gasteiger partial charge in [-0.25, -0.2) is 5.43 Å². The van der Waals surface area contributed by atoms with Gasteiger partial charge in [0.15, 0.2) is 0 Å². The third kappa shape index (κ3) is 3.56. The average Bonchev–Trinajstić information content (AvgIpc) is 2.48. The van der Waals surface area contributed by atoms with E-state index in [1.165, 1.54) is 5.56 Å². The summed E-state index contributed by atoms with van der Waals surface area (Å²) >= 11 is 0. The van der Waals surface area contributed by atoms with Crippen LogP contribution in [0.4, 0.5) is 0 Å². The highest BCUT2D eigenvalue weighted by Crippen LogP contribution is 2.25. The average molecular weight is 286 g/mol. The molecule has 5 nitrogen and oxygen atoms in total. The summed E-state index contributed by atoms with van der Waals surface area (Å²) in [6.45, 7) is 6.57. The Balaban J connectivity index is 2.28. The molecule has 0 saturated carbocycles. The Morgan fingerprint density at radius 3 is 2.14 bits per heavy atom. The van der Waals surface area contributed by atoms with Crippen molar-refractivity contribution >= 4 is 0 Å². The van der Waals surface area contributed by atoms with E-state index in [0.717, 1.165) is 11.3 Å². The maximum absolute atomic E-state index is 5.68. The van der Waals surface area contributed by atoms with E-state index in [-0.39, 0.29) is 11.5 Å². The van der Waals surface area contributed by atoms with Crippen LogP contribution < -0.4 is 16.0 Å². The minimum atomic E-state index is -0.197. The molecule has 1 aromatic heterocycles. The van der Waals surface area contributed by atoms with Crippen molar-refractivity contribution in [3.05, 3.63) is 53.2 Å². The summed E-state index contributed by atoms with van der Waals surface area (Å²) in [6.07, 6.45) is 0. The Labute approximate surface area is 125 Å². The number of aromatic nitrogens is 2. The van der Waals surface area contributed by atoms with Gasteiger partial charge in [-0.05, 0) is 22.6 Å². The number of nitrogens with zero attached hydrogens (tertiary/aromatic N) is 2. The van der Waals surface area contributed by atoms with Crippen molar-refractivity contribution in [3.63, 3.8) is 0 Å². The minimum absolute atomic E-state index is 0.129. The number of nitrogens with two attached hydrogens (primary N) is 1. The maximum Gasteiger partial charge on any atom is 0.233 e. The Morgan fingerprint density at radius 1 is 1.05 bits per heavy atom. The monoisotopic (exact) mass is 286 g/mol. The Bertz CT molecular complexity index is 573. The molecule has 0 aliphatic rings. The van der Waals surface area contributed by atoms with E-state index < -0.39 is 0 Å². The topological polar surface area (TPSA) is 73.1 Å². The second-order valence-electron chi connectivity index (χ2n) is 5.97. The molecule has 1 unspecified atom stereocenters. The van der Waals surface area contributed by atoms with E-state index in [2.05, 4.69) is 60.7 Å². The fourth-order valence-corrected chi connectivity index (χ4v) is 2.12. The van der Waals surface area contributed by atoms with Crippen LogP contribution in [0.1, 0.15) is 43.6 Å². The number of ether oxygens (including phenoxy) is 1. The quantitative estimate of drug-likeness (QED) is 0.666. The summed E-state index contributed by atoms with van der Waals surface area (Å²) in [5.41, 5.74) is 5.99. The van der Waals surface area contributed by atoms with Crippen LogP contribution >= 0.6 is 0 Å². The van der Waals surface area contributed by atoms with Gasteiger partial charge in [0.25, 0.3) is 0 Å². The van der Waals surface area contributed by atoms with E-state index >= 15 is 0 Å². The lowest BCUT2D eigenvalue weighted by molar-refractivity contribution is 0.390. The SMILES string of the molecule is COc1ccc(C(NN)c2ccc(C(C)(C)C)cc2)nn1. The smallest absolute Gasteiger partial charge is 0.233 e. The molecule has 0 aliphatic heterocycles. The number of methoxy groups -OCH3 is 1. The first-order chi connectivity index (χ1) is 9.95. The normalized spacial score (nSPS) is 13.0. The summed E-state index contributed by atoms with van der Waals surface area (Å²) in [5, 5.41) is 8.13. The van der Waals surface area contributed by atoms with Crippen molar-refractivity contribution in [2.24, 2.45) is 5.84 Å². The fraction of sp³-hybridized carbons (Fsp3) is 0.375. The maximum atomic E-state index is 5.68. The van der Waals surface area contributed by atoms with Gasteiger partial charge >= 0.3 is 0 Å². The molecular formula is C16H22N4O. The zero-order valence-electron chi connectivity index (χ0n) is 12.9. The predicted molar refractivity (Wildman–Crippen MR) is 82.9 cm³/mol. The van der Waals surface area contributed by atoms with Crippen LogP contribution in [0.3, 0.4) is 0 Å². The highest BCUT2D eigenvalue weighted by Gasteiger charge is 2.17.